The maximum Gasteiger partial charge on any atom is 0.243 e. The molecule has 0 unspecified atom stereocenters. The van der Waals surface area contributed by atoms with Crippen LogP contribution in [0.15, 0.2) is 23.1 Å². The zero-order valence-corrected chi connectivity index (χ0v) is 18.2. The normalized spacial score (nSPS) is 19.8. The molecule has 0 saturated carbocycles. The highest BCUT2D eigenvalue weighted by Gasteiger charge is 2.33. The molecule has 1 aromatic carbocycles. The number of carbonyl (C=O) groups excluding carboxylic acids is 1. The van der Waals surface area contributed by atoms with E-state index in [-0.39, 0.29) is 11.8 Å². The maximum atomic E-state index is 12.9. The van der Waals surface area contributed by atoms with Gasteiger partial charge in [0.1, 0.15) is 0 Å². The summed E-state index contributed by atoms with van der Waals surface area (Å²) < 4.78 is 27.4. The fourth-order valence-electron chi connectivity index (χ4n) is 4.09. The van der Waals surface area contributed by atoms with Crippen molar-refractivity contribution in [2.24, 2.45) is 5.92 Å². The molecule has 28 heavy (non-hydrogen) atoms. The number of nitrogens with zero attached hydrogens (tertiary/aromatic N) is 3. The first-order valence-electron chi connectivity index (χ1n) is 10.3. The Bertz CT molecular complexity index is 795. The minimum atomic E-state index is -3.49. The van der Waals surface area contributed by atoms with Gasteiger partial charge in [-0.25, -0.2) is 8.42 Å². The molecule has 2 aliphatic heterocycles. The Hall–Kier alpha value is -1.44. The second kappa shape index (κ2) is 8.93. The summed E-state index contributed by atoms with van der Waals surface area (Å²) in [6.07, 6.45) is 3.70. The van der Waals surface area contributed by atoms with Crippen molar-refractivity contribution in [3.8, 4) is 0 Å². The Labute approximate surface area is 169 Å². The molecule has 0 aliphatic carbocycles. The molecular formula is C21H33N3O3S. The Morgan fingerprint density at radius 3 is 2.32 bits per heavy atom. The summed E-state index contributed by atoms with van der Waals surface area (Å²) in [7, 11) is -1.62. The van der Waals surface area contributed by atoms with Crippen LogP contribution in [0.1, 0.15) is 36.8 Å². The van der Waals surface area contributed by atoms with E-state index in [1.54, 1.807) is 12.1 Å². The van der Waals surface area contributed by atoms with Gasteiger partial charge in [-0.2, -0.15) is 4.31 Å². The van der Waals surface area contributed by atoms with Gasteiger partial charge in [0.05, 0.1) is 4.90 Å². The van der Waals surface area contributed by atoms with Gasteiger partial charge in [-0.1, -0.05) is 6.07 Å². The van der Waals surface area contributed by atoms with E-state index < -0.39 is 10.0 Å². The van der Waals surface area contributed by atoms with E-state index in [4.69, 9.17) is 0 Å². The molecule has 0 radical (unpaired) electrons. The van der Waals surface area contributed by atoms with Gasteiger partial charge >= 0.3 is 0 Å². The van der Waals surface area contributed by atoms with Gasteiger partial charge in [-0.15, -0.1) is 0 Å². The van der Waals surface area contributed by atoms with Crippen LogP contribution in [0.3, 0.4) is 0 Å². The monoisotopic (exact) mass is 407 g/mol. The predicted octanol–water partition coefficient (Wildman–Crippen LogP) is 2.26. The number of benzene rings is 1. The molecule has 156 valence electrons. The van der Waals surface area contributed by atoms with E-state index in [1.807, 2.05) is 31.9 Å². The summed E-state index contributed by atoms with van der Waals surface area (Å²) in [6.45, 7) is 8.67. The zero-order valence-electron chi connectivity index (χ0n) is 17.4. The largest absolute Gasteiger partial charge is 0.344 e. The van der Waals surface area contributed by atoms with Crippen molar-refractivity contribution in [1.29, 1.82) is 0 Å². The topological polar surface area (TPSA) is 60.9 Å². The summed E-state index contributed by atoms with van der Waals surface area (Å²) in [4.78, 5) is 17.3. The first kappa shape index (κ1) is 21.3. The Morgan fingerprint density at radius 2 is 1.71 bits per heavy atom. The predicted molar refractivity (Wildman–Crippen MR) is 111 cm³/mol. The molecule has 7 heteroatoms. The summed E-state index contributed by atoms with van der Waals surface area (Å²) in [5.74, 6) is 0.0807. The summed E-state index contributed by atoms with van der Waals surface area (Å²) in [5.41, 5.74) is 2.06. The van der Waals surface area contributed by atoms with Crippen LogP contribution in [0.5, 0.6) is 0 Å². The van der Waals surface area contributed by atoms with Crippen LogP contribution in [-0.4, -0.2) is 74.7 Å². The fourth-order valence-corrected chi connectivity index (χ4v) is 5.64. The van der Waals surface area contributed by atoms with Gasteiger partial charge in [0.25, 0.3) is 0 Å². The number of sulfonamides is 1. The number of likely N-dealkylation sites (N-methyl/N-ethyl adjacent to an activating group) is 1. The number of amides is 1. The van der Waals surface area contributed by atoms with Gasteiger partial charge in [0.15, 0.2) is 0 Å². The molecule has 0 bridgehead atoms. The van der Waals surface area contributed by atoms with E-state index in [9.17, 15) is 13.2 Å². The summed E-state index contributed by atoms with van der Waals surface area (Å²) >= 11 is 0. The second-order valence-electron chi connectivity index (χ2n) is 8.23. The molecule has 2 saturated heterocycles. The average Bonchev–Trinajstić information content (AvgIpc) is 3.21. The lowest BCUT2D eigenvalue weighted by Crippen LogP contribution is -2.44. The van der Waals surface area contributed by atoms with Crippen molar-refractivity contribution in [3.63, 3.8) is 0 Å². The number of aryl methyl sites for hydroxylation is 2. The van der Waals surface area contributed by atoms with Crippen molar-refractivity contribution in [1.82, 2.24) is 14.1 Å². The molecule has 3 rings (SSSR count). The lowest BCUT2D eigenvalue weighted by atomic mass is 9.97. The number of carbonyl (C=O) groups is 1. The smallest absolute Gasteiger partial charge is 0.243 e. The van der Waals surface area contributed by atoms with Gasteiger partial charge in [0.2, 0.25) is 15.9 Å². The van der Waals surface area contributed by atoms with E-state index in [1.165, 1.54) is 17.1 Å². The third-order valence-corrected chi connectivity index (χ3v) is 8.14. The van der Waals surface area contributed by atoms with Crippen LogP contribution < -0.4 is 0 Å². The van der Waals surface area contributed by atoms with Gasteiger partial charge in [-0.05, 0) is 75.9 Å². The third kappa shape index (κ3) is 4.75. The van der Waals surface area contributed by atoms with Gasteiger partial charge < -0.3 is 9.80 Å². The molecule has 2 heterocycles. The lowest BCUT2D eigenvalue weighted by molar-refractivity contribution is -0.135. The number of hydrogen-bond donors (Lipinski definition) is 0. The van der Waals surface area contributed by atoms with Crippen molar-refractivity contribution in [2.75, 3.05) is 46.3 Å². The van der Waals surface area contributed by atoms with Crippen LogP contribution >= 0.6 is 0 Å². The molecular weight excluding hydrogens is 374 g/mol. The zero-order chi connectivity index (χ0) is 20.3. The Balaban J connectivity index is 1.54. The first-order chi connectivity index (χ1) is 13.3. The highest BCUT2D eigenvalue weighted by molar-refractivity contribution is 7.89. The fraction of sp³-hybridized carbons (Fsp3) is 0.667. The van der Waals surface area contributed by atoms with E-state index in [0.29, 0.717) is 30.8 Å². The van der Waals surface area contributed by atoms with Crippen LogP contribution in [-0.2, 0) is 14.8 Å². The van der Waals surface area contributed by atoms with Gasteiger partial charge in [-0.3, -0.25) is 4.79 Å². The SMILES string of the molecule is Cc1ccc(S(=O)(=O)N2CCC(C(=O)N(C)CCN3CCCC3)CC2)cc1C. The molecule has 2 aliphatic rings. The van der Waals surface area contributed by atoms with Crippen LogP contribution in [0.2, 0.25) is 0 Å². The molecule has 1 aromatic rings. The van der Waals surface area contributed by atoms with Crippen molar-refractivity contribution in [3.05, 3.63) is 29.3 Å². The molecule has 1 amide bonds. The maximum absolute atomic E-state index is 12.9. The first-order valence-corrected chi connectivity index (χ1v) is 11.8. The quantitative estimate of drug-likeness (QED) is 0.726. The van der Waals surface area contributed by atoms with Crippen LogP contribution in [0, 0.1) is 19.8 Å². The average molecular weight is 408 g/mol. The molecule has 6 nitrogen and oxygen atoms in total. The van der Waals surface area contributed by atoms with E-state index >= 15 is 0 Å². The summed E-state index contributed by atoms with van der Waals surface area (Å²) in [6, 6.07) is 5.28. The van der Waals surface area contributed by atoms with Crippen molar-refractivity contribution < 1.29 is 13.2 Å². The molecule has 2 fully saturated rings. The van der Waals surface area contributed by atoms with E-state index in [2.05, 4.69) is 4.90 Å². The minimum absolute atomic E-state index is 0.0743. The number of piperidine rings is 1. The van der Waals surface area contributed by atoms with Crippen molar-refractivity contribution in [2.45, 2.75) is 44.4 Å². The van der Waals surface area contributed by atoms with Crippen molar-refractivity contribution >= 4 is 15.9 Å². The molecule has 0 aromatic heterocycles. The third-order valence-electron chi connectivity index (χ3n) is 6.25. The van der Waals surface area contributed by atoms with E-state index in [0.717, 1.165) is 37.3 Å². The van der Waals surface area contributed by atoms with Crippen LogP contribution in [0.25, 0.3) is 0 Å². The number of likely N-dealkylation sites (tertiary alicyclic amines) is 1. The minimum Gasteiger partial charge on any atom is -0.344 e. The molecule has 0 spiro atoms. The number of rotatable bonds is 6. The summed E-state index contributed by atoms with van der Waals surface area (Å²) in [5, 5.41) is 0. The standard InChI is InChI=1S/C21H33N3O3S/c1-17-6-7-20(16-18(17)2)28(26,27)24-12-8-19(9-13-24)21(25)22(3)14-15-23-10-4-5-11-23/h6-7,16,19H,4-5,8-15H2,1-3H3. The molecule has 0 N–H and O–H groups in total. The number of hydrogen-bond acceptors (Lipinski definition) is 4. The highest BCUT2D eigenvalue weighted by Crippen LogP contribution is 2.26. The molecule has 0 atom stereocenters. The second-order valence-corrected chi connectivity index (χ2v) is 10.2. The van der Waals surface area contributed by atoms with Crippen LogP contribution in [0.4, 0.5) is 0 Å². The lowest BCUT2D eigenvalue weighted by Gasteiger charge is -2.33. The Morgan fingerprint density at radius 1 is 1.07 bits per heavy atom. The Kier molecular flexibility index (Phi) is 6.78. The van der Waals surface area contributed by atoms with Gasteiger partial charge in [0, 0.05) is 39.1 Å². The highest BCUT2D eigenvalue weighted by atomic mass is 32.2.